The van der Waals surface area contributed by atoms with Crippen LogP contribution in [0, 0.1) is 11.3 Å². The minimum atomic E-state index is -0.614. The van der Waals surface area contributed by atoms with Crippen LogP contribution in [0.2, 0.25) is 0 Å². The summed E-state index contributed by atoms with van der Waals surface area (Å²) >= 11 is 0. The Kier molecular flexibility index (Phi) is 3.28. The number of ether oxygens (including phenoxy) is 1. The quantitative estimate of drug-likeness (QED) is 0.900. The van der Waals surface area contributed by atoms with Crippen molar-refractivity contribution in [2.24, 2.45) is 11.3 Å². The van der Waals surface area contributed by atoms with Crippen molar-refractivity contribution in [2.45, 2.75) is 57.0 Å². The van der Waals surface area contributed by atoms with Crippen molar-refractivity contribution in [3.8, 4) is 5.75 Å². The molecule has 2 saturated carbocycles. The fourth-order valence-corrected chi connectivity index (χ4v) is 5.57. The third kappa shape index (κ3) is 2.57. The largest absolute Gasteiger partial charge is 0.493 e. The number of hydrogen-bond donors (Lipinski definition) is 1. The molecule has 4 aliphatic rings. The van der Waals surface area contributed by atoms with E-state index in [1.54, 1.807) is 0 Å². The third-order valence-electron chi connectivity index (χ3n) is 6.98. The highest BCUT2D eigenvalue weighted by atomic mass is 16.5. The fourth-order valence-electron chi connectivity index (χ4n) is 5.57. The molecule has 1 aromatic rings. The molecule has 2 heterocycles. The molecule has 2 aliphatic carbocycles. The first-order valence-corrected chi connectivity index (χ1v) is 9.70. The van der Waals surface area contributed by atoms with Crippen molar-refractivity contribution in [1.29, 1.82) is 0 Å². The Morgan fingerprint density at radius 2 is 2.08 bits per heavy atom. The normalized spacial score (nSPS) is 35.0. The van der Waals surface area contributed by atoms with Crippen LogP contribution in [0.1, 0.15) is 56.1 Å². The number of carbonyl (C=O) groups is 1. The van der Waals surface area contributed by atoms with Crippen LogP contribution in [0.5, 0.6) is 5.75 Å². The Hall–Kier alpha value is -1.55. The average molecular weight is 341 g/mol. The van der Waals surface area contributed by atoms with E-state index in [1.807, 2.05) is 11.8 Å². The molecule has 4 heteroatoms. The number of carbonyl (C=O) groups excluding carboxylic acids is 1. The number of rotatable bonds is 2. The standard InChI is InChI=1S/C21H27NO3/c1-20(24)9-17(10-20)19(23)22-12-21(13-22)6-4-16(11-21)15-3-2-14-5-7-25-18(14)8-15/h2-3,8,16-17,24H,4-7,9-13H2,1H3. The Morgan fingerprint density at radius 1 is 1.28 bits per heavy atom. The van der Waals surface area contributed by atoms with Crippen LogP contribution in [0.15, 0.2) is 18.2 Å². The second-order valence-electron chi connectivity index (χ2n) is 9.20. The van der Waals surface area contributed by atoms with Crippen LogP contribution >= 0.6 is 0 Å². The predicted octanol–water partition coefficient (Wildman–Crippen LogP) is 2.88. The van der Waals surface area contributed by atoms with Crippen molar-refractivity contribution < 1.29 is 14.6 Å². The number of fused-ring (bicyclic) bond motifs is 1. The fraction of sp³-hybridized carbons (Fsp3) is 0.667. The van der Waals surface area contributed by atoms with Gasteiger partial charge in [-0.1, -0.05) is 12.1 Å². The minimum absolute atomic E-state index is 0.0541. The molecule has 2 aliphatic heterocycles. The molecule has 1 spiro atoms. The average Bonchev–Trinajstić information content (AvgIpc) is 3.16. The van der Waals surface area contributed by atoms with Crippen LogP contribution in [0.4, 0.5) is 0 Å². The Labute approximate surface area is 149 Å². The second-order valence-corrected chi connectivity index (χ2v) is 9.20. The predicted molar refractivity (Wildman–Crippen MR) is 94.6 cm³/mol. The summed E-state index contributed by atoms with van der Waals surface area (Å²) in [5.41, 5.74) is 2.48. The molecule has 0 bridgehead atoms. The first-order chi connectivity index (χ1) is 11.9. The first-order valence-electron chi connectivity index (χ1n) is 9.70. The van der Waals surface area contributed by atoms with Gasteiger partial charge in [-0.15, -0.1) is 0 Å². The van der Waals surface area contributed by atoms with Gasteiger partial charge >= 0.3 is 0 Å². The summed E-state index contributed by atoms with van der Waals surface area (Å²) in [6, 6.07) is 6.78. The SMILES string of the molecule is CC1(O)CC(C(=O)N2CC3(CCC(c4ccc5c(c4)OCC5)C3)C2)C1. The Balaban J connectivity index is 1.20. The monoisotopic (exact) mass is 341 g/mol. The van der Waals surface area contributed by atoms with Gasteiger partial charge in [0.2, 0.25) is 5.91 Å². The molecule has 5 rings (SSSR count). The highest BCUT2D eigenvalue weighted by Gasteiger charge is 2.53. The molecular weight excluding hydrogens is 314 g/mol. The summed E-state index contributed by atoms with van der Waals surface area (Å²) in [7, 11) is 0. The number of likely N-dealkylation sites (tertiary alicyclic amines) is 1. The summed E-state index contributed by atoms with van der Waals surface area (Å²) in [6.45, 7) is 4.49. The lowest BCUT2D eigenvalue weighted by atomic mass is 9.69. The summed E-state index contributed by atoms with van der Waals surface area (Å²) in [5.74, 6) is 2.02. The Morgan fingerprint density at radius 3 is 2.84 bits per heavy atom. The maximum absolute atomic E-state index is 12.5. The molecule has 134 valence electrons. The molecule has 25 heavy (non-hydrogen) atoms. The van der Waals surface area contributed by atoms with Gasteiger partial charge in [0.15, 0.2) is 0 Å². The van der Waals surface area contributed by atoms with Crippen molar-refractivity contribution in [3.05, 3.63) is 29.3 Å². The van der Waals surface area contributed by atoms with Crippen LogP contribution in [0.3, 0.4) is 0 Å². The number of amides is 1. The first kappa shape index (κ1) is 15.7. The number of nitrogens with zero attached hydrogens (tertiary/aromatic N) is 1. The Bertz CT molecular complexity index is 712. The number of benzene rings is 1. The van der Waals surface area contributed by atoms with Crippen molar-refractivity contribution in [2.75, 3.05) is 19.7 Å². The molecule has 1 atom stereocenters. The highest BCUT2D eigenvalue weighted by molar-refractivity contribution is 5.81. The van der Waals surface area contributed by atoms with E-state index in [0.717, 1.165) is 31.9 Å². The van der Waals surface area contributed by atoms with Crippen LogP contribution in [-0.4, -0.2) is 41.2 Å². The van der Waals surface area contributed by atoms with Gasteiger partial charge in [0.25, 0.3) is 0 Å². The molecular formula is C21H27NO3. The van der Waals surface area contributed by atoms with Gasteiger partial charge in [0, 0.05) is 30.8 Å². The minimum Gasteiger partial charge on any atom is -0.493 e. The van der Waals surface area contributed by atoms with E-state index in [-0.39, 0.29) is 11.8 Å². The van der Waals surface area contributed by atoms with E-state index in [4.69, 9.17) is 4.74 Å². The lowest BCUT2D eigenvalue weighted by Crippen LogP contribution is -2.61. The summed E-state index contributed by atoms with van der Waals surface area (Å²) < 4.78 is 5.73. The number of aliphatic hydroxyl groups is 1. The molecule has 1 saturated heterocycles. The van der Waals surface area contributed by atoms with Gasteiger partial charge in [-0.25, -0.2) is 0 Å². The van der Waals surface area contributed by atoms with E-state index in [1.165, 1.54) is 30.4 Å². The molecule has 1 N–H and O–H groups in total. The van der Waals surface area contributed by atoms with Gasteiger partial charge < -0.3 is 14.7 Å². The van der Waals surface area contributed by atoms with Crippen LogP contribution < -0.4 is 4.74 Å². The molecule has 1 unspecified atom stereocenters. The maximum Gasteiger partial charge on any atom is 0.225 e. The molecule has 0 radical (unpaired) electrons. The van der Waals surface area contributed by atoms with Gasteiger partial charge in [0.05, 0.1) is 12.2 Å². The molecule has 0 aromatic heterocycles. The molecule has 3 fully saturated rings. The topological polar surface area (TPSA) is 49.8 Å². The van der Waals surface area contributed by atoms with E-state index in [9.17, 15) is 9.90 Å². The highest BCUT2D eigenvalue weighted by Crippen LogP contribution is 2.53. The summed E-state index contributed by atoms with van der Waals surface area (Å²) in [5, 5.41) is 9.86. The van der Waals surface area contributed by atoms with E-state index >= 15 is 0 Å². The summed E-state index contributed by atoms with van der Waals surface area (Å²) in [4.78, 5) is 14.5. The van der Waals surface area contributed by atoms with Crippen LogP contribution in [-0.2, 0) is 11.2 Å². The van der Waals surface area contributed by atoms with Gasteiger partial charge in [-0.2, -0.15) is 0 Å². The molecule has 1 amide bonds. The van der Waals surface area contributed by atoms with Gasteiger partial charge in [0.1, 0.15) is 5.75 Å². The van der Waals surface area contributed by atoms with Crippen LogP contribution in [0.25, 0.3) is 0 Å². The zero-order valence-corrected chi connectivity index (χ0v) is 15.0. The van der Waals surface area contributed by atoms with Crippen molar-refractivity contribution in [3.63, 3.8) is 0 Å². The zero-order valence-electron chi connectivity index (χ0n) is 15.0. The molecule has 4 nitrogen and oxygen atoms in total. The van der Waals surface area contributed by atoms with Crippen molar-refractivity contribution in [1.82, 2.24) is 4.90 Å². The van der Waals surface area contributed by atoms with E-state index in [2.05, 4.69) is 18.2 Å². The van der Waals surface area contributed by atoms with Gasteiger partial charge in [-0.3, -0.25) is 4.79 Å². The third-order valence-corrected chi connectivity index (χ3v) is 6.98. The number of hydrogen-bond acceptors (Lipinski definition) is 3. The lowest BCUT2D eigenvalue weighted by Gasteiger charge is -2.52. The van der Waals surface area contributed by atoms with Crippen molar-refractivity contribution >= 4 is 5.91 Å². The maximum atomic E-state index is 12.5. The van der Waals surface area contributed by atoms with E-state index in [0.29, 0.717) is 24.2 Å². The molecule has 1 aromatic carbocycles. The smallest absolute Gasteiger partial charge is 0.225 e. The zero-order chi connectivity index (χ0) is 17.2. The second kappa shape index (κ2) is 5.23. The lowest BCUT2D eigenvalue weighted by molar-refractivity contribution is -0.161. The summed E-state index contributed by atoms with van der Waals surface area (Å²) in [6.07, 6.45) is 5.94. The van der Waals surface area contributed by atoms with E-state index < -0.39 is 5.60 Å². The van der Waals surface area contributed by atoms with Gasteiger partial charge in [-0.05, 0) is 62.1 Å².